The number of carbonyl (C=O) groups excluding carboxylic acids is 1. The van der Waals surface area contributed by atoms with E-state index in [9.17, 15) is 18.0 Å². The predicted molar refractivity (Wildman–Crippen MR) is 91.5 cm³/mol. The molecular formula is C17H14N2O5S. The van der Waals surface area contributed by atoms with Crippen LogP contribution in [0, 0.1) is 0 Å². The molecule has 3 rings (SSSR count). The van der Waals surface area contributed by atoms with Gasteiger partial charge in [-0.2, -0.15) is 0 Å². The molecule has 1 aromatic heterocycles. The SMILES string of the molecule is NS(=O)(=O)c1cccc(CNC(=O)c2cc3ccccc3oc2=O)c1. The van der Waals surface area contributed by atoms with Gasteiger partial charge in [-0.05, 0) is 29.8 Å². The Morgan fingerprint density at radius 3 is 2.60 bits per heavy atom. The van der Waals surface area contributed by atoms with Gasteiger partial charge in [0.25, 0.3) is 5.91 Å². The van der Waals surface area contributed by atoms with Crippen molar-refractivity contribution in [2.75, 3.05) is 0 Å². The second-order valence-electron chi connectivity index (χ2n) is 5.36. The van der Waals surface area contributed by atoms with Crippen LogP contribution in [-0.4, -0.2) is 14.3 Å². The zero-order valence-corrected chi connectivity index (χ0v) is 13.7. The number of amides is 1. The zero-order valence-electron chi connectivity index (χ0n) is 12.9. The van der Waals surface area contributed by atoms with Gasteiger partial charge in [0.1, 0.15) is 11.1 Å². The van der Waals surface area contributed by atoms with Crippen molar-refractivity contribution in [1.29, 1.82) is 0 Å². The molecule has 0 radical (unpaired) electrons. The Bertz CT molecular complexity index is 1120. The van der Waals surface area contributed by atoms with E-state index >= 15 is 0 Å². The molecule has 1 heterocycles. The highest BCUT2D eigenvalue weighted by Gasteiger charge is 2.14. The largest absolute Gasteiger partial charge is 0.422 e. The second-order valence-corrected chi connectivity index (χ2v) is 6.92. The molecule has 0 aliphatic rings. The van der Waals surface area contributed by atoms with Gasteiger partial charge in [0.15, 0.2) is 0 Å². The molecule has 0 fully saturated rings. The van der Waals surface area contributed by atoms with Gasteiger partial charge in [0.05, 0.1) is 4.90 Å². The van der Waals surface area contributed by atoms with E-state index < -0.39 is 21.6 Å². The highest BCUT2D eigenvalue weighted by atomic mass is 32.2. The Kier molecular flexibility index (Phi) is 4.39. The number of benzene rings is 2. The van der Waals surface area contributed by atoms with Crippen LogP contribution < -0.4 is 16.1 Å². The van der Waals surface area contributed by atoms with Gasteiger partial charge in [0, 0.05) is 11.9 Å². The van der Waals surface area contributed by atoms with Crippen molar-refractivity contribution in [2.45, 2.75) is 11.4 Å². The van der Waals surface area contributed by atoms with Crippen molar-refractivity contribution in [3.8, 4) is 0 Å². The Morgan fingerprint density at radius 2 is 1.84 bits per heavy atom. The van der Waals surface area contributed by atoms with Crippen LogP contribution >= 0.6 is 0 Å². The van der Waals surface area contributed by atoms with Crippen molar-refractivity contribution < 1.29 is 17.6 Å². The molecule has 0 unspecified atom stereocenters. The number of nitrogens with one attached hydrogen (secondary N) is 1. The summed E-state index contributed by atoms with van der Waals surface area (Å²) in [5.74, 6) is -0.611. The predicted octanol–water partition coefficient (Wildman–Crippen LogP) is 1.37. The molecule has 25 heavy (non-hydrogen) atoms. The lowest BCUT2D eigenvalue weighted by atomic mass is 10.1. The van der Waals surface area contributed by atoms with Crippen molar-refractivity contribution in [3.63, 3.8) is 0 Å². The maximum absolute atomic E-state index is 12.3. The number of primary sulfonamides is 1. The third-order valence-corrected chi connectivity index (χ3v) is 4.48. The summed E-state index contributed by atoms with van der Waals surface area (Å²) >= 11 is 0. The molecule has 7 nitrogen and oxygen atoms in total. The third kappa shape index (κ3) is 3.76. The van der Waals surface area contributed by atoms with E-state index in [0.717, 1.165) is 0 Å². The lowest BCUT2D eigenvalue weighted by Gasteiger charge is -2.07. The van der Waals surface area contributed by atoms with E-state index in [1.165, 1.54) is 24.3 Å². The molecule has 0 aliphatic heterocycles. The van der Waals surface area contributed by atoms with Crippen LogP contribution in [0.15, 0.2) is 68.7 Å². The van der Waals surface area contributed by atoms with Gasteiger partial charge in [0.2, 0.25) is 10.0 Å². The van der Waals surface area contributed by atoms with E-state index in [0.29, 0.717) is 16.5 Å². The zero-order chi connectivity index (χ0) is 18.0. The van der Waals surface area contributed by atoms with Crippen molar-refractivity contribution in [2.24, 2.45) is 5.14 Å². The quantitative estimate of drug-likeness (QED) is 0.683. The van der Waals surface area contributed by atoms with E-state index in [4.69, 9.17) is 9.56 Å². The molecule has 0 saturated carbocycles. The fraction of sp³-hybridized carbons (Fsp3) is 0.0588. The Morgan fingerprint density at radius 1 is 1.08 bits per heavy atom. The van der Waals surface area contributed by atoms with Crippen LogP contribution in [0.2, 0.25) is 0 Å². The minimum absolute atomic E-state index is 0.0362. The molecule has 0 aliphatic carbocycles. The first-order valence-electron chi connectivity index (χ1n) is 7.27. The standard InChI is InChI=1S/C17H14N2O5S/c18-25(22,23)13-6-3-4-11(8-13)10-19-16(20)14-9-12-5-1-2-7-15(12)24-17(14)21/h1-9H,10H2,(H,19,20)(H2,18,22,23). The van der Waals surface area contributed by atoms with Gasteiger partial charge in [-0.15, -0.1) is 0 Å². The van der Waals surface area contributed by atoms with Gasteiger partial charge >= 0.3 is 5.63 Å². The fourth-order valence-corrected chi connectivity index (χ4v) is 2.91. The Labute approximate surface area is 143 Å². The maximum atomic E-state index is 12.3. The third-order valence-electron chi connectivity index (χ3n) is 3.57. The molecular weight excluding hydrogens is 344 g/mol. The highest BCUT2D eigenvalue weighted by Crippen LogP contribution is 2.13. The van der Waals surface area contributed by atoms with Gasteiger partial charge in [-0.25, -0.2) is 18.4 Å². The van der Waals surface area contributed by atoms with Crippen LogP contribution in [0.5, 0.6) is 0 Å². The number of hydrogen-bond donors (Lipinski definition) is 2. The van der Waals surface area contributed by atoms with Crippen LogP contribution in [-0.2, 0) is 16.6 Å². The van der Waals surface area contributed by atoms with Crippen LogP contribution in [0.1, 0.15) is 15.9 Å². The lowest BCUT2D eigenvalue weighted by molar-refractivity contribution is 0.0947. The smallest absolute Gasteiger partial charge is 0.349 e. The first-order chi connectivity index (χ1) is 11.8. The van der Waals surface area contributed by atoms with Gasteiger partial charge in [-0.3, -0.25) is 4.79 Å². The number of sulfonamides is 1. The first-order valence-corrected chi connectivity index (χ1v) is 8.82. The molecule has 3 aromatic rings. The van der Waals surface area contributed by atoms with Crippen LogP contribution in [0.4, 0.5) is 0 Å². The number of para-hydroxylation sites is 1. The van der Waals surface area contributed by atoms with Crippen molar-refractivity contribution in [1.82, 2.24) is 5.32 Å². The molecule has 0 atom stereocenters. The summed E-state index contributed by atoms with van der Waals surface area (Å²) in [6, 6.07) is 14.2. The summed E-state index contributed by atoms with van der Waals surface area (Å²) in [6.45, 7) is 0.0362. The monoisotopic (exact) mass is 358 g/mol. The summed E-state index contributed by atoms with van der Waals surface area (Å²) in [4.78, 5) is 24.1. The normalized spacial score (nSPS) is 11.4. The number of rotatable bonds is 4. The summed E-state index contributed by atoms with van der Waals surface area (Å²) < 4.78 is 27.8. The molecule has 128 valence electrons. The average molecular weight is 358 g/mol. The topological polar surface area (TPSA) is 119 Å². The number of hydrogen-bond acceptors (Lipinski definition) is 5. The summed E-state index contributed by atoms with van der Waals surface area (Å²) in [5, 5.41) is 8.27. The van der Waals surface area contributed by atoms with Gasteiger partial charge in [-0.1, -0.05) is 30.3 Å². The van der Waals surface area contributed by atoms with Crippen LogP contribution in [0.3, 0.4) is 0 Å². The number of nitrogens with two attached hydrogens (primary N) is 1. The number of fused-ring (bicyclic) bond motifs is 1. The second kappa shape index (κ2) is 6.50. The molecule has 2 aromatic carbocycles. The van der Waals surface area contributed by atoms with Crippen molar-refractivity contribution >= 4 is 26.9 Å². The fourth-order valence-electron chi connectivity index (χ4n) is 2.33. The molecule has 0 spiro atoms. The highest BCUT2D eigenvalue weighted by molar-refractivity contribution is 7.89. The van der Waals surface area contributed by atoms with Crippen LogP contribution in [0.25, 0.3) is 11.0 Å². The van der Waals surface area contributed by atoms with E-state index in [-0.39, 0.29) is 17.0 Å². The summed E-state index contributed by atoms with van der Waals surface area (Å²) in [7, 11) is -3.82. The minimum Gasteiger partial charge on any atom is -0.422 e. The van der Waals surface area contributed by atoms with Gasteiger partial charge < -0.3 is 9.73 Å². The molecule has 0 saturated heterocycles. The lowest BCUT2D eigenvalue weighted by Crippen LogP contribution is -2.28. The average Bonchev–Trinajstić information content (AvgIpc) is 2.58. The summed E-state index contributed by atoms with van der Waals surface area (Å²) in [6.07, 6.45) is 0. The maximum Gasteiger partial charge on any atom is 0.349 e. The molecule has 3 N–H and O–H groups in total. The van der Waals surface area contributed by atoms with E-state index in [2.05, 4.69) is 5.32 Å². The summed E-state index contributed by atoms with van der Waals surface area (Å²) in [5.41, 5.74) is 0.0609. The molecule has 0 bridgehead atoms. The molecule has 1 amide bonds. The van der Waals surface area contributed by atoms with E-state index in [1.807, 2.05) is 0 Å². The minimum atomic E-state index is -3.82. The first kappa shape index (κ1) is 16.9. The number of carbonyl (C=O) groups is 1. The van der Waals surface area contributed by atoms with Crippen molar-refractivity contribution in [3.05, 3.63) is 76.1 Å². The van der Waals surface area contributed by atoms with E-state index in [1.54, 1.807) is 30.3 Å². The Hall–Kier alpha value is -2.97. The Balaban J connectivity index is 1.82. The molecule has 8 heteroatoms.